The Morgan fingerprint density at radius 2 is 2.07 bits per heavy atom. The van der Waals surface area contributed by atoms with E-state index >= 15 is 0 Å². The number of hydrogen-bond donors (Lipinski definition) is 1. The Bertz CT molecular complexity index is 1080. The number of carbonyl (C=O) groups excluding carboxylic acids is 1. The molecule has 4 rings (SSSR count). The van der Waals surface area contributed by atoms with Crippen LogP contribution in [0, 0.1) is 13.8 Å². The monoisotopic (exact) mass is 378 g/mol. The average molecular weight is 378 g/mol. The Morgan fingerprint density at radius 1 is 1.19 bits per heavy atom. The number of thiophene rings is 1. The Morgan fingerprint density at radius 3 is 2.81 bits per heavy atom. The zero-order valence-corrected chi connectivity index (χ0v) is 15.8. The minimum Gasteiger partial charge on any atom is -0.309 e. The van der Waals surface area contributed by atoms with E-state index in [1.807, 2.05) is 43.5 Å². The van der Waals surface area contributed by atoms with Gasteiger partial charge in [0, 0.05) is 18.5 Å². The molecule has 27 heavy (non-hydrogen) atoms. The number of pyridine rings is 1. The fourth-order valence-electron chi connectivity index (χ4n) is 2.72. The van der Waals surface area contributed by atoms with Gasteiger partial charge in [-0.25, -0.2) is 4.98 Å². The van der Waals surface area contributed by atoms with Crippen LogP contribution in [0.25, 0.3) is 16.4 Å². The van der Waals surface area contributed by atoms with Crippen LogP contribution in [0.15, 0.2) is 54.2 Å². The van der Waals surface area contributed by atoms with E-state index in [1.165, 1.54) is 5.56 Å². The van der Waals surface area contributed by atoms with Crippen molar-refractivity contribution in [1.29, 1.82) is 0 Å². The number of nitrogens with zero attached hydrogens (tertiary/aromatic N) is 5. The maximum atomic E-state index is 12.5. The molecule has 0 fully saturated rings. The molecule has 1 N–H and O–H groups in total. The highest BCUT2D eigenvalue weighted by atomic mass is 32.1. The van der Waals surface area contributed by atoms with Gasteiger partial charge >= 0.3 is 0 Å². The lowest BCUT2D eigenvalue weighted by molar-refractivity contribution is -0.116. The molecular weight excluding hydrogens is 360 g/mol. The summed E-state index contributed by atoms with van der Waals surface area (Å²) in [6, 6.07) is 11.4. The van der Waals surface area contributed by atoms with Gasteiger partial charge in [-0.1, -0.05) is 6.07 Å². The van der Waals surface area contributed by atoms with Gasteiger partial charge in [-0.15, -0.1) is 11.3 Å². The number of aromatic nitrogens is 5. The number of hydrogen-bond acceptors (Lipinski definition) is 5. The molecule has 0 saturated heterocycles. The van der Waals surface area contributed by atoms with E-state index in [9.17, 15) is 4.79 Å². The molecule has 0 aromatic carbocycles. The Labute approximate surface area is 160 Å². The van der Waals surface area contributed by atoms with Crippen molar-refractivity contribution in [3.8, 4) is 16.4 Å². The summed E-state index contributed by atoms with van der Waals surface area (Å²) in [5.41, 5.74) is 2.88. The first-order valence-electron chi connectivity index (χ1n) is 8.45. The number of aryl methyl sites for hydroxylation is 2. The van der Waals surface area contributed by atoms with Gasteiger partial charge in [-0.3, -0.25) is 9.48 Å². The van der Waals surface area contributed by atoms with E-state index in [2.05, 4.69) is 38.9 Å². The van der Waals surface area contributed by atoms with Crippen LogP contribution in [0.4, 0.5) is 5.82 Å². The molecule has 0 aliphatic carbocycles. The topological polar surface area (TPSA) is 77.6 Å². The van der Waals surface area contributed by atoms with Gasteiger partial charge < -0.3 is 5.32 Å². The quantitative estimate of drug-likeness (QED) is 0.577. The molecular formula is C19H18N6OS. The summed E-state index contributed by atoms with van der Waals surface area (Å²) in [7, 11) is 0. The third kappa shape index (κ3) is 3.80. The van der Waals surface area contributed by atoms with Crippen LogP contribution in [0.2, 0.25) is 0 Å². The second kappa shape index (κ2) is 7.16. The Kier molecular flexibility index (Phi) is 4.55. The molecule has 7 nitrogen and oxygen atoms in total. The van der Waals surface area contributed by atoms with Crippen molar-refractivity contribution >= 4 is 23.1 Å². The van der Waals surface area contributed by atoms with Crippen molar-refractivity contribution in [2.24, 2.45) is 0 Å². The molecule has 4 aromatic heterocycles. The predicted molar refractivity (Wildman–Crippen MR) is 105 cm³/mol. The number of anilines is 1. The van der Waals surface area contributed by atoms with E-state index in [1.54, 1.807) is 26.9 Å². The van der Waals surface area contributed by atoms with Crippen LogP contribution in [0.1, 0.15) is 11.3 Å². The second-order valence-corrected chi connectivity index (χ2v) is 7.12. The molecule has 4 aromatic rings. The minimum atomic E-state index is -0.177. The van der Waals surface area contributed by atoms with Gasteiger partial charge in [0.25, 0.3) is 0 Å². The van der Waals surface area contributed by atoms with Crippen molar-refractivity contribution in [2.75, 3.05) is 5.32 Å². The van der Waals surface area contributed by atoms with Crippen molar-refractivity contribution in [2.45, 2.75) is 20.4 Å². The normalized spacial score (nSPS) is 10.9. The van der Waals surface area contributed by atoms with E-state index in [0.717, 1.165) is 16.3 Å². The molecule has 0 radical (unpaired) electrons. The van der Waals surface area contributed by atoms with Crippen LogP contribution >= 0.6 is 11.3 Å². The fourth-order valence-corrected chi connectivity index (χ4v) is 3.58. The van der Waals surface area contributed by atoms with Crippen molar-refractivity contribution < 1.29 is 4.79 Å². The highest BCUT2D eigenvalue weighted by Crippen LogP contribution is 2.25. The molecule has 0 bridgehead atoms. The van der Waals surface area contributed by atoms with Gasteiger partial charge in [0.15, 0.2) is 5.82 Å². The summed E-state index contributed by atoms with van der Waals surface area (Å²) in [5, 5.41) is 13.9. The minimum absolute atomic E-state index is 0.122. The molecule has 1 amide bonds. The first-order valence-corrected chi connectivity index (χ1v) is 9.33. The van der Waals surface area contributed by atoms with E-state index in [-0.39, 0.29) is 12.5 Å². The van der Waals surface area contributed by atoms with E-state index < -0.39 is 0 Å². The van der Waals surface area contributed by atoms with Crippen LogP contribution < -0.4 is 5.32 Å². The van der Waals surface area contributed by atoms with Crippen LogP contribution in [-0.4, -0.2) is 30.5 Å². The van der Waals surface area contributed by atoms with Crippen LogP contribution in [0.3, 0.4) is 0 Å². The molecule has 0 aliphatic heterocycles. The van der Waals surface area contributed by atoms with Crippen molar-refractivity contribution in [1.82, 2.24) is 24.5 Å². The summed E-state index contributed by atoms with van der Waals surface area (Å²) in [4.78, 5) is 17.9. The molecule has 0 saturated carbocycles. The summed E-state index contributed by atoms with van der Waals surface area (Å²) in [6.07, 6.45) is 3.50. The summed E-state index contributed by atoms with van der Waals surface area (Å²) in [5.74, 6) is 1.05. The lowest BCUT2D eigenvalue weighted by Gasteiger charge is -2.08. The van der Waals surface area contributed by atoms with Gasteiger partial charge in [0.2, 0.25) is 5.91 Å². The van der Waals surface area contributed by atoms with Crippen molar-refractivity contribution in [3.05, 3.63) is 65.4 Å². The van der Waals surface area contributed by atoms with Crippen molar-refractivity contribution in [3.63, 3.8) is 0 Å². The van der Waals surface area contributed by atoms with Gasteiger partial charge in [0.1, 0.15) is 18.1 Å². The highest BCUT2D eigenvalue weighted by molar-refractivity contribution is 7.13. The second-order valence-electron chi connectivity index (χ2n) is 6.21. The summed E-state index contributed by atoms with van der Waals surface area (Å²) < 4.78 is 3.25. The Balaban J connectivity index is 1.49. The first kappa shape index (κ1) is 17.2. The smallest absolute Gasteiger partial charge is 0.247 e. The zero-order chi connectivity index (χ0) is 18.8. The lowest BCUT2D eigenvalue weighted by Crippen LogP contribution is -2.21. The molecule has 8 heteroatoms. The fraction of sp³-hybridized carbons (Fsp3) is 0.158. The third-order valence-electron chi connectivity index (χ3n) is 3.89. The standard InChI is InChI=1S/C19H18N6OS/c1-13-9-16(27-12-13)15-6-8-24(23-15)11-19(26)21-18-10-14(2)22-25(18)17-5-3-4-7-20-17/h3-10,12H,11H2,1-2H3,(H,21,26). The third-order valence-corrected chi connectivity index (χ3v) is 4.97. The maximum absolute atomic E-state index is 12.5. The molecule has 136 valence electrons. The zero-order valence-electron chi connectivity index (χ0n) is 15.0. The van der Waals surface area contributed by atoms with Crippen LogP contribution in [-0.2, 0) is 11.3 Å². The Hall–Kier alpha value is -3.26. The predicted octanol–water partition coefficient (Wildman–Crippen LogP) is 3.45. The SMILES string of the molecule is Cc1csc(-c2ccn(CC(=O)Nc3cc(C)nn3-c3ccccn3)n2)c1. The molecule has 0 unspecified atom stereocenters. The summed E-state index contributed by atoms with van der Waals surface area (Å²) in [6.45, 7) is 4.05. The number of nitrogens with one attached hydrogen (secondary N) is 1. The van der Waals surface area contributed by atoms with E-state index in [0.29, 0.717) is 11.6 Å². The largest absolute Gasteiger partial charge is 0.309 e. The lowest BCUT2D eigenvalue weighted by atomic mass is 10.3. The molecule has 4 heterocycles. The number of rotatable bonds is 5. The molecule has 0 atom stereocenters. The number of amides is 1. The summed E-state index contributed by atoms with van der Waals surface area (Å²) >= 11 is 1.64. The van der Waals surface area contributed by atoms with E-state index in [4.69, 9.17) is 0 Å². The molecule has 0 aliphatic rings. The number of carbonyl (C=O) groups is 1. The first-order chi connectivity index (χ1) is 13.1. The highest BCUT2D eigenvalue weighted by Gasteiger charge is 2.13. The van der Waals surface area contributed by atoms with Gasteiger partial charge in [-0.2, -0.15) is 14.9 Å². The maximum Gasteiger partial charge on any atom is 0.247 e. The van der Waals surface area contributed by atoms with Crippen LogP contribution in [0.5, 0.6) is 0 Å². The van der Waals surface area contributed by atoms with Gasteiger partial charge in [0.05, 0.1) is 10.6 Å². The molecule has 0 spiro atoms. The average Bonchev–Trinajstić information content (AvgIpc) is 3.36. The van der Waals surface area contributed by atoms with Gasteiger partial charge in [-0.05, 0) is 49.1 Å².